The maximum atomic E-state index is 14.3. The molecule has 1 spiro atoms. The van der Waals surface area contributed by atoms with Crippen molar-refractivity contribution >= 4 is 41.8 Å². The van der Waals surface area contributed by atoms with Gasteiger partial charge in [0.05, 0.1) is 36.9 Å². The average Bonchev–Trinajstić information content (AvgIpc) is 3.45. The van der Waals surface area contributed by atoms with Crippen LogP contribution in [0.25, 0.3) is 0 Å². The first-order valence-corrected chi connectivity index (χ1v) is 26.0. The maximum absolute atomic E-state index is 14.3. The molecule has 0 amide bonds. The molecular formula is C53H78O19. The summed E-state index contributed by atoms with van der Waals surface area (Å²) in [4.78, 5) is 90.1. The zero-order valence-electron chi connectivity index (χ0n) is 44.4. The van der Waals surface area contributed by atoms with Gasteiger partial charge >= 0.3 is 41.8 Å². The van der Waals surface area contributed by atoms with E-state index in [-0.39, 0.29) is 47.8 Å². The fourth-order valence-electron chi connectivity index (χ4n) is 16.3. The Bertz CT molecular complexity index is 2180. The number of esters is 7. The van der Waals surface area contributed by atoms with E-state index in [9.17, 15) is 38.7 Å². The fraction of sp³-hybridized carbons (Fsp3) is 0.868. The molecule has 20 atom stereocenters. The van der Waals surface area contributed by atoms with E-state index in [0.29, 0.717) is 25.7 Å². The molecule has 2 bridgehead atoms. The van der Waals surface area contributed by atoms with Gasteiger partial charge in [0.1, 0.15) is 5.60 Å². The monoisotopic (exact) mass is 1020 g/mol. The van der Waals surface area contributed by atoms with Crippen LogP contribution in [-0.4, -0.2) is 133 Å². The third-order valence-electron chi connectivity index (χ3n) is 19.6. The molecule has 3 aliphatic heterocycles. The topological polar surface area (TPSA) is 241 Å². The number of ether oxygens (including phenoxy) is 11. The molecule has 0 aromatic rings. The summed E-state index contributed by atoms with van der Waals surface area (Å²) in [5, 5.41) is 12.9. The Balaban J connectivity index is 1.15. The molecule has 0 aromatic heterocycles. The van der Waals surface area contributed by atoms with Crippen molar-refractivity contribution in [2.24, 2.45) is 50.2 Å². The molecule has 8 rings (SSSR count). The van der Waals surface area contributed by atoms with Crippen LogP contribution in [0, 0.1) is 50.2 Å². The summed E-state index contributed by atoms with van der Waals surface area (Å²) in [6, 6.07) is 0. The fourth-order valence-corrected chi connectivity index (χ4v) is 16.3. The lowest BCUT2D eigenvalue weighted by molar-refractivity contribution is -0.368. The minimum absolute atomic E-state index is 0.0103. The third-order valence-corrected chi connectivity index (χ3v) is 19.6. The molecule has 19 nitrogen and oxygen atoms in total. The Morgan fingerprint density at radius 2 is 1.22 bits per heavy atom. The minimum atomic E-state index is -1.61. The maximum Gasteiger partial charge on any atom is 0.313 e. The molecule has 3 saturated heterocycles. The van der Waals surface area contributed by atoms with Crippen LogP contribution < -0.4 is 0 Å². The summed E-state index contributed by atoms with van der Waals surface area (Å²) >= 11 is 0. The highest BCUT2D eigenvalue weighted by Crippen LogP contribution is 2.81. The summed E-state index contributed by atoms with van der Waals surface area (Å²) in [6.07, 6.45) is -7.21. The second kappa shape index (κ2) is 19.0. The number of aliphatic hydroxyl groups excluding tert-OH is 1. The predicted molar refractivity (Wildman–Crippen MR) is 248 cm³/mol. The zero-order valence-corrected chi connectivity index (χ0v) is 44.4. The van der Waals surface area contributed by atoms with Crippen LogP contribution in [0.2, 0.25) is 0 Å². The van der Waals surface area contributed by atoms with E-state index in [1.165, 1.54) is 20.8 Å². The Morgan fingerprint density at radius 3 is 1.85 bits per heavy atom. The zero-order chi connectivity index (χ0) is 52.9. The molecule has 19 heteroatoms. The van der Waals surface area contributed by atoms with Gasteiger partial charge < -0.3 is 57.2 Å². The molecule has 8 fully saturated rings. The van der Waals surface area contributed by atoms with Crippen LogP contribution in [-0.2, 0) is 85.7 Å². The third kappa shape index (κ3) is 8.73. The molecule has 404 valence electrons. The van der Waals surface area contributed by atoms with Crippen LogP contribution in [0.15, 0.2) is 0 Å². The Labute approximate surface area is 422 Å². The van der Waals surface area contributed by atoms with Gasteiger partial charge in [0.2, 0.25) is 0 Å². The number of hydrogen-bond acceptors (Lipinski definition) is 19. The first-order valence-electron chi connectivity index (χ1n) is 26.0. The van der Waals surface area contributed by atoms with Gasteiger partial charge in [0.15, 0.2) is 49.2 Å². The second-order valence-electron chi connectivity index (χ2n) is 24.3. The first-order chi connectivity index (χ1) is 33.5. The van der Waals surface area contributed by atoms with Crippen LogP contribution in [0.1, 0.15) is 154 Å². The van der Waals surface area contributed by atoms with Gasteiger partial charge in [0, 0.05) is 58.3 Å². The molecule has 1 N–H and O–H groups in total. The van der Waals surface area contributed by atoms with E-state index in [4.69, 9.17) is 52.1 Å². The lowest BCUT2D eigenvalue weighted by atomic mass is 9.30. The number of carbonyl (C=O) groups excluding carboxylic acids is 7. The second-order valence-corrected chi connectivity index (χ2v) is 24.3. The Hall–Kier alpha value is -3.91. The van der Waals surface area contributed by atoms with Crippen LogP contribution in [0.4, 0.5) is 0 Å². The molecular weight excluding hydrogens is 941 g/mol. The SMILES string of the molecule is CC(=O)OC[C@@]1(C)[C@@H]2CC[C@]3(C)[C@H](CC(O)[C@]45OC(=O)[C@@]6(CCC(C)(C)C[C@H]64)CC[C@@]35C)[C@@]2(C)CC[C@@H]1O[C@@H]1OC[C@H](OC(C)=O)[C@H](OC(C)=O)[C@H]1O[C@@H]1O[C@H](C)[C@H](OC(C)=O)[C@@H](OC(C)=O)[C@H]1OC(C)=O. The van der Waals surface area contributed by atoms with E-state index >= 15 is 0 Å². The van der Waals surface area contributed by atoms with Gasteiger partial charge in [-0.15, -0.1) is 0 Å². The highest BCUT2D eigenvalue weighted by atomic mass is 16.8. The van der Waals surface area contributed by atoms with Crippen molar-refractivity contribution in [1.29, 1.82) is 0 Å². The van der Waals surface area contributed by atoms with Crippen LogP contribution in [0.5, 0.6) is 0 Å². The van der Waals surface area contributed by atoms with Crippen molar-refractivity contribution in [3.63, 3.8) is 0 Å². The van der Waals surface area contributed by atoms with Gasteiger partial charge in [-0.3, -0.25) is 33.6 Å². The van der Waals surface area contributed by atoms with Crippen molar-refractivity contribution in [1.82, 2.24) is 0 Å². The van der Waals surface area contributed by atoms with Gasteiger partial charge in [-0.2, -0.15) is 0 Å². The highest BCUT2D eigenvalue weighted by Gasteiger charge is 2.83. The van der Waals surface area contributed by atoms with Gasteiger partial charge in [0.25, 0.3) is 0 Å². The van der Waals surface area contributed by atoms with E-state index in [1.807, 2.05) is 6.92 Å². The molecule has 1 unspecified atom stereocenters. The molecule has 0 radical (unpaired) electrons. The van der Waals surface area contributed by atoms with Crippen molar-refractivity contribution in [2.75, 3.05) is 13.2 Å². The van der Waals surface area contributed by atoms with Crippen molar-refractivity contribution < 1.29 is 90.8 Å². The number of aliphatic hydroxyl groups is 1. The smallest absolute Gasteiger partial charge is 0.313 e. The minimum Gasteiger partial charge on any atom is -0.465 e. The Morgan fingerprint density at radius 1 is 0.625 bits per heavy atom. The molecule has 72 heavy (non-hydrogen) atoms. The summed E-state index contributed by atoms with van der Waals surface area (Å²) < 4.78 is 67.6. The summed E-state index contributed by atoms with van der Waals surface area (Å²) in [7, 11) is 0. The average molecular weight is 1020 g/mol. The molecule has 5 aliphatic carbocycles. The Kier molecular flexibility index (Phi) is 14.4. The number of fused-ring (bicyclic) bond motifs is 4. The molecule has 3 heterocycles. The van der Waals surface area contributed by atoms with Crippen LogP contribution in [0.3, 0.4) is 0 Å². The van der Waals surface area contributed by atoms with E-state index in [0.717, 1.165) is 59.3 Å². The molecule has 0 aromatic carbocycles. The largest absolute Gasteiger partial charge is 0.465 e. The molecule has 8 aliphatic rings. The van der Waals surface area contributed by atoms with Gasteiger partial charge in [-0.05, 0) is 99.2 Å². The highest BCUT2D eigenvalue weighted by molar-refractivity contribution is 5.82. The summed E-state index contributed by atoms with van der Waals surface area (Å²) in [6.45, 7) is 21.8. The van der Waals surface area contributed by atoms with Crippen molar-refractivity contribution in [2.45, 2.75) is 227 Å². The summed E-state index contributed by atoms with van der Waals surface area (Å²) in [5.74, 6) is -4.75. The van der Waals surface area contributed by atoms with Gasteiger partial charge in [-0.1, -0.05) is 41.5 Å². The van der Waals surface area contributed by atoms with E-state index in [2.05, 4.69) is 34.6 Å². The summed E-state index contributed by atoms with van der Waals surface area (Å²) in [5.41, 5.74) is -3.91. The number of rotatable bonds is 11. The van der Waals surface area contributed by atoms with Crippen molar-refractivity contribution in [3.8, 4) is 0 Å². The lowest BCUT2D eigenvalue weighted by Crippen LogP contribution is -2.76. The van der Waals surface area contributed by atoms with E-state index in [1.54, 1.807) is 6.92 Å². The number of carbonyl (C=O) groups is 7. The molecule has 5 saturated carbocycles. The number of hydrogen-bond donors (Lipinski definition) is 1. The normalized spacial score (nSPS) is 46.8. The first kappa shape index (κ1) is 54.4. The van der Waals surface area contributed by atoms with E-state index < -0.39 is 131 Å². The quantitative estimate of drug-likeness (QED) is 0.151. The van der Waals surface area contributed by atoms with Crippen LogP contribution >= 0.6 is 0 Å². The standard InChI is InChI=1S/C53H78O19/c1-26-39(66-29(4)56)41(68-31(6)58)43(69-32(7)59)45(64-26)71-42-40(67-30(5)57)33(65-28(3)55)24-62-44(42)70-38-15-16-48(10)34(49(38,11)25-63-27(2)54)14-17-50(12)35(48)22-37(60)53-36-23-47(8,9)18-20-52(36,46(61)72-53)21-19-51(50,53)13/h26,33-45,60H,14-25H2,1-13H3/t26-,33+,34-,35-,36-,37?,38+,39+,40+,41-,42-,43-,44+,45+,48+,49+,50-,51+,52+,53-/m1/s1. The predicted octanol–water partition coefficient (Wildman–Crippen LogP) is 5.59. The lowest BCUT2D eigenvalue weighted by Gasteiger charge is -2.74. The van der Waals surface area contributed by atoms with Crippen molar-refractivity contribution in [3.05, 3.63) is 0 Å². The van der Waals surface area contributed by atoms with Gasteiger partial charge in [-0.25, -0.2) is 0 Å².